The highest BCUT2D eigenvalue weighted by molar-refractivity contribution is 9.10. The number of methoxy groups -OCH3 is 2. The Hall–Kier alpha value is -2.28. The van der Waals surface area contributed by atoms with Crippen molar-refractivity contribution in [2.45, 2.75) is 32.4 Å². The molecular formula is C37H42Br2Cl4N2O9S2. The van der Waals surface area contributed by atoms with E-state index in [4.69, 9.17) is 85.7 Å². The summed E-state index contributed by atoms with van der Waals surface area (Å²) in [6.45, 7) is 2.78. The molecule has 0 aromatic heterocycles. The predicted octanol–water partition coefficient (Wildman–Crippen LogP) is 10.9. The third kappa shape index (κ3) is 15.1. The zero-order chi connectivity index (χ0) is 38.7. The third-order valence-corrected chi connectivity index (χ3v) is 9.45. The monoisotopic (exact) mass is 1020 g/mol. The van der Waals surface area contributed by atoms with E-state index in [1.165, 1.54) is 26.4 Å². The molecule has 19 heteroatoms. The molecule has 4 aromatic rings. The van der Waals surface area contributed by atoms with Crippen LogP contribution in [0.3, 0.4) is 0 Å². The maximum atomic E-state index is 12.6. The molecule has 0 saturated carbocycles. The second-order valence-corrected chi connectivity index (χ2v) is 14.7. The number of carboxylic acids is 1. The van der Waals surface area contributed by atoms with Crippen LogP contribution in [0.2, 0.25) is 20.1 Å². The topological polar surface area (TPSA) is 148 Å². The first-order valence-electron chi connectivity index (χ1n) is 15.8. The summed E-state index contributed by atoms with van der Waals surface area (Å²) >= 11 is 31.1. The quantitative estimate of drug-likeness (QED) is 0.148. The lowest BCUT2D eigenvalue weighted by atomic mass is 10.1. The number of hydrogen-bond acceptors (Lipinski definition) is 9. The summed E-state index contributed by atoms with van der Waals surface area (Å²) in [6, 6.07) is 16.3. The maximum Gasteiger partial charge on any atom is 0.339 e. The summed E-state index contributed by atoms with van der Waals surface area (Å²) in [5.74, 6) is 0.593. The van der Waals surface area contributed by atoms with Crippen LogP contribution in [0.5, 0.6) is 34.5 Å². The minimum absolute atomic E-state index is 0. The van der Waals surface area contributed by atoms with Crippen molar-refractivity contribution in [1.82, 2.24) is 5.32 Å². The van der Waals surface area contributed by atoms with Crippen molar-refractivity contribution < 1.29 is 43.1 Å². The first-order valence-corrected chi connectivity index (χ1v) is 18.9. The number of aromatic carboxylic acids is 1. The molecule has 2 heterocycles. The highest BCUT2D eigenvalue weighted by atomic mass is 79.9. The van der Waals surface area contributed by atoms with E-state index in [-0.39, 0.29) is 63.4 Å². The van der Waals surface area contributed by atoms with Gasteiger partial charge in [0.1, 0.15) is 28.6 Å². The lowest BCUT2D eigenvalue weighted by Crippen LogP contribution is -2.35. The van der Waals surface area contributed by atoms with E-state index in [0.29, 0.717) is 72.4 Å². The van der Waals surface area contributed by atoms with Crippen molar-refractivity contribution in [3.05, 3.63) is 101 Å². The fourth-order valence-corrected chi connectivity index (χ4v) is 7.37. The van der Waals surface area contributed by atoms with Crippen LogP contribution in [-0.4, -0.2) is 69.7 Å². The lowest BCUT2D eigenvalue weighted by molar-refractivity contribution is 0.0692. The Morgan fingerprint density at radius 3 is 1.52 bits per heavy atom. The number of amides is 1. The third-order valence-electron chi connectivity index (χ3n) is 7.41. The summed E-state index contributed by atoms with van der Waals surface area (Å²) in [5, 5.41) is 13.4. The molecule has 0 unspecified atom stereocenters. The fraction of sp³-hybridized carbons (Fsp3) is 0.297. The van der Waals surface area contributed by atoms with Crippen molar-refractivity contribution >= 4 is 117 Å². The minimum Gasteiger partial charge on any atom is -0.496 e. The summed E-state index contributed by atoms with van der Waals surface area (Å²) < 4.78 is 33.3. The number of carbonyl (C=O) groups is 2. The molecule has 0 radical (unpaired) electrons. The van der Waals surface area contributed by atoms with Gasteiger partial charge in [0.25, 0.3) is 5.91 Å². The molecule has 56 heavy (non-hydrogen) atoms. The number of ether oxygens (including phenoxy) is 6. The van der Waals surface area contributed by atoms with Crippen LogP contribution in [0.4, 0.5) is 0 Å². The Morgan fingerprint density at radius 1 is 0.732 bits per heavy atom. The summed E-state index contributed by atoms with van der Waals surface area (Å²) in [6.07, 6.45) is 1.83. The van der Waals surface area contributed by atoms with E-state index >= 15 is 0 Å². The number of carbonyl (C=O) groups excluding carboxylic acids is 1. The average molecular weight is 1020 g/mol. The van der Waals surface area contributed by atoms with Gasteiger partial charge in [-0.1, -0.05) is 85.7 Å². The zero-order valence-electron chi connectivity index (χ0n) is 29.2. The molecule has 6 rings (SSSR count). The summed E-state index contributed by atoms with van der Waals surface area (Å²) in [5.41, 5.74) is 5.76. The molecule has 2 fully saturated rings. The van der Waals surface area contributed by atoms with Crippen LogP contribution in [0.1, 0.15) is 41.0 Å². The van der Waals surface area contributed by atoms with Gasteiger partial charge in [0, 0.05) is 28.2 Å². The Bertz CT molecular complexity index is 1880. The maximum absolute atomic E-state index is 12.6. The Labute approximate surface area is 376 Å². The van der Waals surface area contributed by atoms with Gasteiger partial charge in [0.2, 0.25) is 0 Å². The van der Waals surface area contributed by atoms with Gasteiger partial charge in [-0.2, -0.15) is 27.0 Å². The summed E-state index contributed by atoms with van der Waals surface area (Å²) in [7, 11) is 2.90. The van der Waals surface area contributed by atoms with Gasteiger partial charge in [-0.3, -0.25) is 4.79 Å². The molecule has 4 N–H and O–H groups in total. The van der Waals surface area contributed by atoms with Crippen LogP contribution in [0.15, 0.2) is 69.6 Å². The van der Waals surface area contributed by atoms with Crippen molar-refractivity contribution in [1.29, 1.82) is 0 Å². The van der Waals surface area contributed by atoms with Gasteiger partial charge >= 0.3 is 5.97 Å². The standard InChI is InChI=1S/C18H16BrCl2NO4.C14H9BrCl2O4.C4H9NO.CH4.2H2S/c1-24-16-3-2-12(26-17-14(20)6-10(19)7-15(17)21)8-13(16)18(23)22-11-4-5-25-9-11;1-20-12-3-2-8(6-9(12)14(18)19)21-13-10(16)4-7(15)5-11(13)17;5-4-1-2-6-3-4;;;/h2-3,6-8,11H,4-5,9H2,1H3,(H,22,23);2-6H,1H3,(H,18,19);4H,1-3,5H2;1H4;2*1H2/t11-;;4-;;;/m0.0.../s1. The Morgan fingerprint density at radius 2 is 1.16 bits per heavy atom. The normalized spacial score (nSPS) is 15.2. The molecule has 2 aliphatic rings. The first kappa shape index (κ1) is 51.7. The van der Waals surface area contributed by atoms with Gasteiger partial charge in [-0.25, -0.2) is 4.79 Å². The van der Waals surface area contributed by atoms with Gasteiger partial charge in [-0.05, 0) is 73.5 Å². The molecule has 0 aliphatic carbocycles. The van der Waals surface area contributed by atoms with E-state index in [9.17, 15) is 9.59 Å². The van der Waals surface area contributed by atoms with Crippen LogP contribution >= 0.6 is 105 Å². The van der Waals surface area contributed by atoms with Gasteiger partial charge in [0.15, 0.2) is 11.5 Å². The molecule has 1 amide bonds. The smallest absolute Gasteiger partial charge is 0.339 e. The summed E-state index contributed by atoms with van der Waals surface area (Å²) in [4.78, 5) is 23.8. The van der Waals surface area contributed by atoms with Crippen molar-refractivity contribution in [3.8, 4) is 34.5 Å². The van der Waals surface area contributed by atoms with E-state index in [1.54, 1.807) is 48.5 Å². The molecule has 308 valence electrons. The van der Waals surface area contributed by atoms with E-state index in [2.05, 4.69) is 37.2 Å². The van der Waals surface area contributed by atoms with Crippen LogP contribution in [-0.2, 0) is 9.47 Å². The first-order chi connectivity index (χ1) is 25.3. The Balaban J connectivity index is 0.000000471. The Kier molecular flexibility index (Phi) is 23.3. The van der Waals surface area contributed by atoms with E-state index in [0.717, 1.165) is 30.5 Å². The van der Waals surface area contributed by atoms with Gasteiger partial charge in [-0.15, -0.1) is 0 Å². The van der Waals surface area contributed by atoms with Gasteiger partial charge in [0.05, 0.1) is 59.1 Å². The highest BCUT2D eigenvalue weighted by Crippen LogP contribution is 2.41. The molecule has 0 spiro atoms. The highest BCUT2D eigenvalue weighted by Gasteiger charge is 2.22. The molecule has 11 nitrogen and oxygen atoms in total. The molecule has 2 atom stereocenters. The molecule has 2 saturated heterocycles. The predicted molar refractivity (Wildman–Crippen MR) is 239 cm³/mol. The second-order valence-electron chi connectivity index (χ2n) is 11.3. The van der Waals surface area contributed by atoms with E-state index < -0.39 is 5.97 Å². The number of nitrogens with two attached hydrogens (primary N) is 1. The fourth-order valence-electron chi connectivity index (χ4n) is 4.80. The number of hydrogen-bond donors (Lipinski definition) is 3. The van der Waals surface area contributed by atoms with Crippen molar-refractivity contribution in [3.63, 3.8) is 0 Å². The van der Waals surface area contributed by atoms with Crippen molar-refractivity contribution in [2.75, 3.05) is 40.6 Å². The minimum atomic E-state index is -1.12. The van der Waals surface area contributed by atoms with Crippen LogP contribution < -0.4 is 30.0 Å². The molecular weight excluding hydrogens is 982 g/mol. The zero-order valence-corrected chi connectivity index (χ0v) is 37.4. The number of carboxylic acid groups (broad SMARTS) is 1. The molecule has 0 bridgehead atoms. The molecule has 2 aliphatic heterocycles. The van der Waals surface area contributed by atoms with E-state index in [1.807, 2.05) is 0 Å². The largest absolute Gasteiger partial charge is 0.496 e. The average Bonchev–Trinajstić information content (AvgIpc) is 3.82. The number of rotatable bonds is 9. The van der Waals surface area contributed by atoms with Crippen molar-refractivity contribution in [2.24, 2.45) is 5.73 Å². The number of halogens is 6. The van der Waals surface area contributed by atoms with Crippen LogP contribution in [0, 0.1) is 0 Å². The van der Waals surface area contributed by atoms with Crippen LogP contribution in [0.25, 0.3) is 0 Å². The second kappa shape index (κ2) is 25.3. The van der Waals surface area contributed by atoms with Gasteiger partial charge < -0.3 is 44.6 Å². The number of benzene rings is 4. The lowest BCUT2D eigenvalue weighted by Gasteiger charge is -2.15. The number of nitrogens with one attached hydrogen (secondary N) is 1. The SMILES string of the molecule is C.COc1ccc(Oc2c(Cl)cc(Br)cc2Cl)cc1C(=O)N[C@H]1CCOC1.COc1ccc(Oc2c(Cl)cc(Br)cc2Cl)cc1C(=O)O.N[C@H]1CCOC1.S.S. The molecule has 4 aromatic carbocycles.